The van der Waals surface area contributed by atoms with E-state index in [0.717, 1.165) is 12.6 Å². The summed E-state index contributed by atoms with van der Waals surface area (Å²) in [6, 6.07) is 4.63. The minimum Gasteiger partial charge on any atom is -0.465 e. The molecule has 3 rings (SSSR count). The molecule has 1 aliphatic rings. The standard InChI is InChI=1S/C25H34BF3N4O4/c1-8-10-15(9-2)31-20-18(25(27,28)29)14-30-22(33-20)32-16-11-12-19(17(13-16)21(34)35-7)26-36-23(3,4)24(5,6)37-26/h11-15H,8-10H2,1-7H3,(H2,30,31,32,33). The number of aromatic nitrogens is 2. The fraction of sp³-hybridized carbons (Fsp3) is 0.560. The van der Waals surface area contributed by atoms with Crippen molar-refractivity contribution >= 4 is 36.0 Å². The third-order valence-corrected chi connectivity index (χ3v) is 6.79. The van der Waals surface area contributed by atoms with Crippen LogP contribution in [0.25, 0.3) is 0 Å². The number of methoxy groups -OCH3 is 1. The molecule has 2 aromatic rings. The molecule has 2 heterocycles. The summed E-state index contributed by atoms with van der Waals surface area (Å²) in [7, 11) is 0.448. The summed E-state index contributed by atoms with van der Waals surface area (Å²) in [5.74, 6) is -0.970. The summed E-state index contributed by atoms with van der Waals surface area (Å²) in [6.45, 7) is 11.5. The molecule has 1 atom stereocenters. The van der Waals surface area contributed by atoms with Gasteiger partial charge in [-0.3, -0.25) is 0 Å². The van der Waals surface area contributed by atoms with Crippen molar-refractivity contribution in [3.05, 3.63) is 35.5 Å². The second-order valence-corrected chi connectivity index (χ2v) is 10.00. The zero-order valence-electron chi connectivity index (χ0n) is 22.2. The number of nitrogens with zero attached hydrogens (tertiary/aromatic N) is 2. The number of halogens is 3. The third kappa shape index (κ3) is 6.35. The first-order valence-corrected chi connectivity index (χ1v) is 12.3. The van der Waals surface area contributed by atoms with Crippen molar-refractivity contribution in [3.8, 4) is 0 Å². The van der Waals surface area contributed by atoms with Crippen LogP contribution in [0, 0.1) is 0 Å². The maximum absolute atomic E-state index is 13.6. The van der Waals surface area contributed by atoms with Gasteiger partial charge in [0.25, 0.3) is 0 Å². The predicted molar refractivity (Wildman–Crippen MR) is 136 cm³/mol. The fourth-order valence-corrected chi connectivity index (χ4v) is 3.91. The first-order valence-electron chi connectivity index (χ1n) is 12.3. The highest BCUT2D eigenvalue weighted by molar-refractivity contribution is 6.63. The van der Waals surface area contributed by atoms with Gasteiger partial charge in [-0.1, -0.05) is 26.3 Å². The number of carbonyl (C=O) groups excluding carboxylic acids is 1. The van der Waals surface area contributed by atoms with E-state index in [1.54, 1.807) is 12.1 Å². The summed E-state index contributed by atoms with van der Waals surface area (Å²) < 4.78 is 58.0. The van der Waals surface area contributed by atoms with Crippen LogP contribution in [-0.2, 0) is 20.2 Å². The normalized spacial score (nSPS) is 17.4. The van der Waals surface area contributed by atoms with E-state index >= 15 is 0 Å². The quantitative estimate of drug-likeness (QED) is 0.338. The third-order valence-electron chi connectivity index (χ3n) is 6.79. The summed E-state index contributed by atoms with van der Waals surface area (Å²) in [5, 5.41) is 5.81. The van der Waals surface area contributed by atoms with Crippen molar-refractivity contribution in [2.24, 2.45) is 0 Å². The van der Waals surface area contributed by atoms with E-state index < -0.39 is 36.0 Å². The molecule has 8 nitrogen and oxygen atoms in total. The fourth-order valence-electron chi connectivity index (χ4n) is 3.91. The largest absolute Gasteiger partial charge is 0.495 e. The van der Waals surface area contributed by atoms with Crippen LogP contribution < -0.4 is 16.1 Å². The molecule has 37 heavy (non-hydrogen) atoms. The van der Waals surface area contributed by atoms with E-state index in [4.69, 9.17) is 14.0 Å². The number of rotatable bonds is 9. The second kappa shape index (κ2) is 10.9. The molecule has 0 saturated carbocycles. The van der Waals surface area contributed by atoms with Crippen LogP contribution in [-0.4, -0.2) is 47.4 Å². The Kier molecular flexibility index (Phi) is 8.43. The lowest BCUT2D eigenvalue weighted by Gasteiger charge is -2.32. The number of anilines is 3. The van der Waals surface area contributed by atoms with Crippen LogP contribution in [0.4, 0.5) is 30.6 Å². The van der Waals surface area contributed by atoms with E-state index in [1.165, 1.54) is 13.2 Å². The Labute approximate surface area is 215 Å². The van der Waals surface area contributed by atoms with E-state index in [-0.39, 0.29) is 23.4 Å². The van der Waals surface area contributed by atoms with Gasteiger partial charge in [0.1, 0.15) is 11.4 Å². The number of hydrogen-bond acceptors (Lipinski definition) is 8. The second-order valence-electron chi connectivity index (χ2n) is 10.00. The Balaban J connectivity index is 1.95. The highest BCUT2D eigenvalue weighted by Gasteiger charge is 2.52. The van der Waals surface area contributed by atoms with E-state index in [1.807, 2.05) is 41.5 Å². The van der Waals surface area contributed by atoms with Crippen molar-refractivity contribution in [3.63, 3.8) is 0 Å². The SMILES string of the molecule is CCCC(CC)Nc1nc(Nc2ccc(B3OC(C)(C)C(C)(C)O3)c(C(=O)OC)c2)ncc1C(F)(F)F. The van der Waals surface area contributed by atoms with Crippen LogP contribution in [0.1, 0.15) is 76.7 Å². The average Bonchev–Trinajstić information content (AvgIpc) is 3.04. The number of nitrogens with one attached hydrogen (secondary N) is 2. The first-order chi connectivity index (χ1) is 17.2. The number of ether oxygens (including phenoxy) is 1. The van der Waals surface area contributed by atoms with E-state index in [2.05, 4.69) is 20.6 Å². The molecule has 12 heteroatoms. The van der Waals surface area contributed by atoms with Gasteiger partial charge in [-0.25, -0.2) is 9.78 Å². The van der Waals surface area contributed by atoms with Gasteiger partial charge in [0.05, 0.1) is 23.9 Å². The molecular formula is C25H34BF3N4O4. The Morgan fingerprint density at radius 3 is 2.35 bits per heavy atom. The van der Waals surface area contributed by atoms with Crippen LogP contribution in [0.3, 0.4) is 0 Å². The Hall–Kier alpha value is -2.86. The maximum atomic E-state index is 13.6. The van der Waals surface area contributed by atoms with Gasteiger partial charge in [0.2, 0.25) is 5.95 Å². The maximum Gasteiger partial charge on any atom is 0.495 e. The Morgan fingerprint density at radius 2 is 1.81 bits per heavy atom. The van der Waals surface area contributed by atoms with Gasteiger partial charge in [0, 0.05) is 17.9 Å². The molecule has 1 aromatic heterocycles. The zero-order valence-corrected chi connectivity index (χ0v) is 22.2. The molecule has 1 fully saturated rings. The smallest absolute Gasteiger partial charge is 0.465 e. The van der Waals surface area contributed by atoms with Gasteiger partial charge in [-0.05, 0) is 58.1 Å². The highest BCUT2D eigenvalue weighted by Crippen LogP contribution is 2.37. The monoisotopic (exact) mass is 522 g/mol. The van der Waals surface area contributed by atoms with Crippen LogP contribution in [0.2, 0.25) is 0 Å². The number of hydrogen-bond donors (Lipinski definition) is 2. The summed E-state index contributed by atoms with van der Waals surface area (Å²) in [4.78, 5) is 20.6. The van der Waals surface area contributed by atoms with Crippen molar-refractivity contribution in [2.75, 3.05) is 17.7 Å². The highest BCUT2D eigenvalue weighted by atomic mass is 19.4. The average molecular weight is 522 g/mol. The summed E-state index contributed by atoms with van der Waals surface area (Å²) in [5.41, 5.74) is -1.14. The lowest BCUT2D eigenvalue weighted by atomic mass is 9.75. The molecule has 0 spiro atoms. The zero-order chi connectivity index (χ0) is 27.6. The van der Waals surface area contributed by atoms with E-state index in [9.17, 15) is 18.0 Å². The molecule has 1 saturated heterocycles. The summed E-state index contributed by atoms with van der Waals surface area (Å²) >= 11 is 0. The van der Waals surface area contributed by atoms with Crippen LogP contribution in [0.15, 0.2) is 24.4 Å². The van der Waals surface area contributed by atoms with Gasteiger partial charge in [-0.2, -0.15) is 18.2 Å². The predicted octanol–water partition coefficient (Wildman–Crippen LogP) is 5.32. The molecule has 202 valence electrons. The molecule has 0 bridgehead atoms. The number of carbonyl (C=O) groups is 1. The Bertz CT molecular complexity index is 1110. The van der Waals surface area contributed by atoms with Gasteiger partial charge < -0.3 is 24.7 Å². The van der Waals surface area contributed by atoms with Crippen molar-refractivity contribution in [1.29, 1.82) is 0 Å². The number of esters is 1. The molecule has 0 aliphatic carbocycles. The molecule has 0 amide bonds. The van der Waals surface area contributed by atoms with Gasteiger partial charge >= 0.3 is 19.3 Å². The van der Waals surface area contributed by atoms with E-state index in [0.29, 0.717) is 24.0 Å². The van der Waals surface area contributed by atoms with Crippen molar-refractivity contribution < 1.29 is 32.0 Å². The molecule has 1 unspecified atom stereocenters. The molecule has 0 radical (unpaired) electrons. The van der Waals surface area contributed by atoms with Crippen LogP contribution in [0.5, 0.6) is 0 Å². The number of benzene rings is 1. The minimum absolute atomic E-state index is 0.0546. The number of alkyl halides is 3. The van der Waals surface area contributed by atoms with Gasteiger partial charge in [0.15, 0.2) is 0 Å². The lowest BCUT2D eigenvalue weighted by Crippen LogP contribution is -2.41. The van der Waals surface area contributed by atoms with Crippen LogP contribution >= 0.6 is 0 Å². The molecule has 1 aliphatic heterocycles. The topological polar surface area (TPSA) is 94.6 Å². The summed E-state index contributed by atoms with van der Waals surface area (Å²) in [6.07, 6.45) is -1.72. The lowest BCUT2D eigenvalue weighted by molar-refractivity contribution is -0.137. The molecule has 1 aromatic carbocycles. The minimum atomic E-state index is -4.62. The van der Waals surface area contributed by atoms with Crippen molar-refractivity contribution in [1.82, 2.24) is 9.97 Å². The molecule has 2 N–H and O–H groups in total. The van der Waals surface area contributed by atoms with Crippen molar-refractivity contribution in [2.45, 2.75) is 84.2 Å². The molecular weight excluding hydrogens is 488 g/mol. The van der Waals surface area contributed by atoms with Gasteiger partial charge in [-0.15, -0.1) is 0 Å². The Morgan fingerprint density at radius 1 is 1.16 bits per heavy atom. The first kappa shape index (κ1) is 28.7.